The van der Waals surface area contributed by atoms with E-state index in [0.717, 1.165) is 46.1 Å². The fraction of sp³-hybridized carbons (Fsp3) is 0.200. The second-order valence-electron chi connectivity index (χ2n) is 19.1. The van der Waals surface area contributed by atoms with E-state index in [1.165, 1.54) is 121 Å². The lowest BCUT2D eigenvalue weighted by Crippen LogP contribution is -2.43. The highest BCUT2D eigenvalue weighted by atomic mass is 16.3. The molecule has 1 nitrogen and oxygen atoms in total. The average molecular weight is 783 g/mol. The Morgan fingerprint density at radius 3 is 1.79 bits per heavy atom. The van der Waals surface area contributed by atoms with Crippen molar-refractivity contribution in [2.45, 2.75) is 44.4 Å². The summed E-state index contributed by atoms with van der Waals surface area (Å²) in [5.74, 6) is 4.92. The number of furan rings is 1. The Morgan fingerprint density at radius 1 is 0.377 bits per heavy atom. The molecule has 292 valence electrons. The highest BCUT2D eigenvalue weighted by Crippen LogP contribution is 2.62. The molecule has 4 aliphatic carbocycles. The van der Waals surface area contributed by atoms with Crippen LogP contribution >= 0.6 is 0 Å². The predicted molar refractivity (Wildman–Crippen MR) is 255 cm³/mol. The lowest BCUT2D eigenvalue weighted by molar-refractivity contribution is -0.0125. The molecule has 3 saturated carbocycles. The van der Waals surface area contributed by atoms with Gasteiger partial charge in [-0.15, -0.1) is 0 Å². The van der Waals surface area contributed by atoms with Crippen molar-refractivity contribution in [1.29, 1.82) is 0 Å². The van der Waals surface area contributed by atoms with Crippen molar-refractivity contribution >= 4 is 54.3 Å². The maximum absolute atomic E-state index is 6.27. The lowest BCUT2D eigenvalue weighted by atomic mass is 9.52. The first-order valence-corrected chi connectivity index (χ1v) is 22.8. The summed E-state index contributed by atoms with van der Waals surface area (Å²) >= 11 is 0. The fourth-order valence-electron chi connectivity index (χ4n) is 13.7. The van der Waals surface area contributed by atoms with Gasteiger partial charge in [0, 0.05) is 16.7 Å². The van der Waals surface area contributed by atoms with Crippen LogP contribution in [0.15, 0.2) is 174 Å². The summed E-state index contributed by atoms with van der Waals surface area (Å²) in [6, 6.07) is 64.1. The third-order valence-electron chi connectivity index (χ3n) is 16.2. The minimum atomic E-state index is 0.479. The molecular weight excluding hydrogens is 737 g/mol. The predicted octanol–water partition coefficient (Wildman–Crippen LogP) is 16.6. The van der Waals surface area contributed by atoms with Gasteiger partial charge in [0.1, 0.15) is 11.2 Å². The van der Waals surface area contributed by atoms with Crippen LogP contribution in [0.2, 0.25) is 0 Å². The number of benzene rings is 9. The van der Waals surface area contributed by atoms with Gasteiger partial charge in [0.05, 0.1) is 0 Å². The molecule has 4 aliphatic rings. The van der Waals surface area contributed by atoms with E-state index in [0.29, 0.717) is 5.92 Å². The standard InChI is InChI=1S/C60H46O/c1-2-11-43-36(10-1)26-29-51-58(43)53-34-40(27-28-49(53)59(51)52-33-39-21-20-35-30-41(39)32-42(52)31-35)57-47-14-5-3-12-45(47)56(46-13-4-6-15-48(46)57)38-24-22-37(23-25-38)44-17-9-19-55-60(44)50-16-7-8-18-54(50)61-55/h1-19,22-29,34-35,39,41-42,52,59H,20-21,30-33H2. The zero-order chi connectivity index (χ0) is 39.8. The van der Waals surface area contributed by atoms with E-state index >= 15 is 0 Å². The van der Waals surface area contributed by atoms with Gasteiger partial charge in [-0.3, -0.25) is 0 Å². The van der Waals surface area contributed by atoms with Crippen LogP contribution in [0.4, 0.5) is 0 Å². The minimum Gasteiger partial charge on any atom is -0.456 e. The first-order chi connectivity index (χ1) is 30.2. The average Bonchev–Trinajstić information content (AvgIpc) is 3.86. The Kier molecular flexibility index (Phi) is 7.33. The Bertz CT molecular complexity index is 3360. The van der Waals surface area contributed by atoms with Crippen LogP contribution in [0.1, 0.15) is 55.6 Å². The van der Waals surface area contributed by atoms with Crippen molar-refractivity contribution in [3.05, 3.63) is 181 Å². The summed E-state index contributed by atoms with van der Waals surface area (Å²) in [5.41, 5.74) is 15.5. The zero-order valence-corrected chi connectivity index (χ0v) is 34.3. The molecular formula is C60H46O. The maximum atomic E-state index is 6.27. The third-order valence-corrected chi connectivity index (χ3v) is 16.2. The highest BCUT2D eigenvalue weighted by molar-refractivity contribution is 6.22. The van der Waals surface area contributed by atoms with Gasteiger partial charge in [-0.1, -0.05) is 158 Å². The van der Waals surface area contributed by atoms with E-state index in [9.17, 15) is 0 Å². The van der Waals surface area contributed by atoms with Crippen molar-refractivity contribution in [2.24, 2.45) is 29.6 Å². The van der Waals surface area contributed by atoms with E-state index in [1.807, 2.05) is 6.07 Å². The van der Waals surface area contributed by atoms with Crippen LogP contribution in [-0.2, 0) is 0 Å². The molecule has 3 bridgehead atoms. The molecule has 0 saturated heterocycles. The van der Waals surface area contributed by atoms with E-state index in [2.05, 4.69) is 164 Å². The normalized spacial score (nSPS) is 22.7. The quantitative estimate of drug-likeness (QED) is 0.162. The van der Waals surface area contributed by atoms with Crippen LogP contribution in [0.3, 0.4) is 0 Å². The summed E-state index contributed by atoms with van der Waals surface area (Å²) in [7, 11) is 0. The molecule has 0 N–H and O–H groups in total. The highest BCUT2D eigenvalue weighted by Gasteiger charge is 2.49. The van der Waals surface area contributed by atoms with Crippen LogP contribution in [0.5, 0.6) is 0 Å². The van der Waals surface area contributed by atoms with Crippen molar-refractivity contribution in [3.63, 3.8) is 0 Å². The molecule has 6 atom stereocenters. The number of hydrogen-bond donors (Lipinski definition) is 0. The van der Waals surface area contributed by atoms with Crippen LogP contribution in [0, 0.1) is 29.6 Å². The Morgan fingerprint density at radius 2 is 1.00 bits per heavy atom. The maximum Gasteiger partial charge on any atom is 0.136 e. The molecule has 0 spiro atoms. The number of rotatable bonds is 4. The Labute approximate surface area is 356 Å². The van der Waals surface area contributed by atoms with E-state index < -0.39 is 0 Å². The molecule has 1 heteroatoms. The van der Waals surface area contributed by atoms with Gasteiger partial charge in [-0.05, 0) is 168 Å². The first kappa shape index (κ1) is 34.3. The second-order valence-corrected chi connectivity index (χ2v) is 19.1. The van der Waals surface area contributed by atoms with Gasteiger partial charge in [0.2, 0.25) is 0 Å². The lowest BCUT2D eigenvalue weighted by Gasteiger charge is -2.53. The third kappa shape index (κ3) is 5.01. The Balaban J connectivity index is 0.937. The van der Waals surface area contributed by atoms with Gasteiger partial charge in [0.25, 0.3) is 0 Å². The molecule has 0 radical (unpaired) electrons. The summed E-state index contributed by atoms with van der Waals surface area (Å²) in [5, 5.41) is 10.3. The summed E-state index contributed by atoms with van der Waals surface area (Å²) in [6.07, 6.45) is 8.76. The molecule has 0 aliphatic heterocycles. The van der Waals surface area contributed by atoms with E-state index in [4.69, 9.17) is 4.42 Å². The topological polar surface area (TPSA) is 13.1 Å². The fourth-order valence-corrected chi connectivity index (χ4v) is 13.7. The first-order valence-electron chi connectivity index (χ1n) is 22.8. The zero-order valence-electron chi connectivity index (χ0n) is 34.3. The summed E-state index contributed by atoms with van der Waals surface area (Å²) in [6.45, 7) is 0. The summed E-state index contributed by atoms with van der Waals surface area (Å²) in [4.78, 5) is 0. The molecule has 9 aromatic carbocycles. The van der Waals surface area contributed by atoms with Crippen LogP contribution in [0.25, 0.3) is 98.8 Å². The molecule has 3 fully saturated rings. The van der Waals surface area contributed by atoms with E-state index in [1.54, 1.807) is 11.1 Å². The van der Waals surface area contributed by atoms with Crippen molar-refractivity contribution in [2.75, 3.05) is 0 Å². The molecule has 1 heterocycles. The number of fused-ring (bicyclic) bond motifs is 12. The molecule has 6 unspecified atom stereocenters. The van der Waals surface area contributed by atoms with Gasteiger partial charge in [0.15, 0.2) is 0 Å². The van der Waals surface area contributed by atoms with Crippen molar-refractivity contribution in [3.8, 4) is 44.5 Å². The van der Waals surface area contributed by atoms with Crippen molar-refractivity contribution in [1.82, 2.24) is 0 Å². The minimum absolute atomic E-state index is 0.479. The smallest absolute Gasteiger partial charge is 0.136 e. The number of para-hydroxylation sites is 1. The molecule has 0 amide bonds. The Hall–Kier alpha value is -6.44. The largest absolute Gasteiger partial charge is 0.456 e. The molecule has 10 aromatic rings. The molecule has 61 heavy (non-hydrogen) atoms. The molecule has 14 rings (SSSR count). The van der Waals surface area contributed by atoms with Crippen molar-refractivity contribution < 1.29 is 4.42 Å². The summed E-state index contributed by atoms with van der Waals surface area (Å²) < 4.78 is 6.27. The van der Waals surface area contributed by atoms with Gasteiger partial charge >= 0.3 is 0 Å². The molecule has 1 aromatic heterocycles. The SMILES string of the molecule is c1ccc2c3c(ccc2c1)C(C1CC2CCC4CC2CC1C4)c1ccc(-c2c4ccccc4c(-c4ccc(-c5cccc6oc7ccccc7c56)cc4)c4ccccc24)cc1-3. The van der Waals surface area contributed by atoms with Gasteiger partial charge in [-0.2, -0.15) is 0 Å². The second kappa shape index (κ2) is 13.0. The monoisotopic (exact) mass is 782 g/mol. The van der Waals surface area contributed by atoms with E-state index in [-0.39, 0.29) is 0 Å². The van der Waals surface area contributed by atoms with Gasteiger partial charge in [-0.25, -0.2) is 0 Å². The van der Waals surface area contributed by atoms with Crippen LogP contribution in [-0.4, -0.2) is 0 Å². The van der Waals surface area contributed by atoms with Crippen LogP contribution < -0.4 is 0 Å². The van der Waals surface area contributed by atoms with Gasteiger partial charge < -0.3 is 4.42 Å². The number of hydrogen-bond acceptors (Lipinski definition) is 1.